The molecule has 8 heteroatoms. The number of carbonyl (C=O) groups excluding carboxylic acids is 1. The number of ether oxygens (including phenoxy) is 1. The molecule has 0 unspecified atom stereocenters. The zero-order valence-electron chi connectivity index (χ0n) is 17.5. The van der Waals surface area contributed by atoms with Gasteiger partial charge in [-0.15, -0.1) is 0 Å². The van der Waals surface area contributed by atoms with Gasteiger partial charge in [-0.2, -0.15) is 0 Å². The number of anilines is 1. The third-order valence-corrected chi connectivity index (χ3v) is 7.93. The van der Waals surface area contributed by atoms with Crippen LogP contribution in [0.1, 0.15) is 32.6 Å². The number of carbonyl (C=O) groups is 1. The maximum absolute atomic E-state index is 13.0. The van der Waals surface area contributed by atoms with Gasteiger partial charge in [0.05, 0.1) is 18.6 Å². The van der Waals surface area contributed by atoms with Gasteiger partial charge in [-0.1, -0.05) is 25.5 Å². The molecule has 1 aromatic carbocycles. The second-order valence-corrected chi connectivity index (χ2v) is 9.92. The Kier molecular flexibility index (Phi) is 7.40. The topological polar surface area (TPSA) is 70.2 Å². The minimum absolute atomic E-state index is 0.0644. The monoisotopic (exact) mass is 423 g/mol. The number of methoxy groups -OCH3 is 1. The summed E-state index contributed by atoms with van der Waals surface area (Å²) in [5.41, 5.74) is 1.06. The van der Waals surface area contributed by atoms with Gasteiger partial charge in [-0.05, 0) is 31.4 Å². The molecule has 0 aliphatic carbocycles. The van der Waals surface area contributed by atoms with Crippen molar-refractivity contribution in [3.63, 3.8) is 0 Å². The van der Waals surface area contributed by atoms with Gasteiger partial charge in [0.25, 0.3) is 0 Å². The molecule has 1 aromatic rings. The first-order valence-corrected chi connectivity index (χ1v) is 12.2. The predicted octanol–water partition coefficient (Wildman–Crippen LogP) is 2.19. The Morgan fingerprint density at radius 3 is 2.34 bits per heavy atom. The fourth-order valence-corrected chi connectivity index (χ4v) is 5.83. The van der Waals surface area contributed by atoms with Crippen LogP contribution in [0.2, 0.25) is 0 Å². The molecular weight excluding hydrogens is 390 g/mol. The van der Waals surface area contributed by atoms with Crippen molar-refractivity contribution in [3.05, 3.63) is 24.3 Å². The molecule has 7 nitrogen and oxygen atoms in total. The largest absolute Gasteiger partial charge is 0.495 e. The van der Waals surface area contributed by atoms with Crippen LogP contribution in [-0.2, 0) is 14.8 Å². The number of sulfonamides is 1. The Morgan fingerprint density at radius 2 is 1.72 bits per heavy atom. The maximum atomic E-state index is 13.0. The quantitative estimate of drug-likeness (QED) is 0.672. The molecule has 2 aliphatic heterocycles. The summed E-state index contributed by atoms with van der Waals surface area (Å²) in [4.78, 5) is 17.2. The van der Waals surface area contributed by atoms with Gasteiger partial charge in [-0.25, -0.2) is 12.7 Å². The van der Waals surface area contributed by atoms with Gasteiger partial charge in [0.2, 0.25) is 15.9 Å². The Bertz CT molecular complexity index is 783. The molecule has 2 saturated heterocycles. The standard InChI is InChI=1S/C21H33N3O4S/c1-3-4-17-29(26,27)24-11-9-18(10-12-24)21(25)23-15-13-22(14-16-23)19-7-5-6-8-20(19)28-2/h5-8,18H,3-4,9-17H2,1-2H3. The number of nitrogens with zero attached hydrogens (tertiary/aromatic N) is 3. The molecule has 3 rings (SSSR count). The lowest BCUT2D eigenvalue weighted by Crippen LogP contribution is -2.52. The Hall–Kier alpha value is -1.80. The molecule has 2 aliphatic rings. The van der Waals surface area contributed by atoms with Crippen LogP contribution in [0.5, 0.6) is 5.75 Å². The highest BCUT2D eigenvalue weighted by Gasteiger charge is 2.33. The molecule has 2 fully saturated rings. The van der Waals surface area contributed by atoms with Gasteiger partial charge < -0.3 is 14.5 Å². The first-order chi connectivity index (χ1) is 14.0. The first kappa shape index (κ1) is 21.9. The van der Waals surface area contributed by atoms with E-state index in [1.54, 1.807) is 11.4 Å². The van der Waals surface area contributed by atoms with Crippen LogP contribution in [0.15, 0.2) is 24.3 Å². The van der Waals surface area contributed by atoms with E-state index in [-0.39, 0.29) is 17.6 Å². The fraction of sp³-hybridized carbons (Fsp3) is 0.667. The summed E-state index contributed by atoms with van der Waals surface area (Å²) in [6.45, 7) is 5.84. The highest BCUT2D eigenvalue weighted by atomic mass is 32.2. The lowest BCUT2D eigenvalue weighted by molar-refractivity contribution is -0.137. The number of piperidine rings is 1. The van der Waals surface area contributed by atoms with Gasteiger partial charge in [-0.3, -0.25) is 4.79 Å². The summed E-state index contributed by atoms with van der Waals surface area (Å²) < 4.78 is 31.8. The first-order valence-electron chi connectivity index (χ1n) is 10.6. The van der Waals surface area contributed by atoms with Crippen LogP contribution >= 0.6 is 0 Å². The SMILES string of the molecule is CCCCS(=O)(=O)N1CCC(C(=O)N2CCN(c3ccccc3OC)CC2)CC1. The van der Waals surface area contributed by atoms with E-state index in [1.165, 1.54) is 0 Å². The minimum Gasteiger partial charge on any atom is -0.495 e. The van der Waals surface area contributed by atoms with E-state index >= 15 is 0 Å². The lowest BCUT2D eigenvalue weighted by atomic mass is 9.96. The van der Waals surface area contributed by atoms with E-state index in [0.29, 0.717) is 45.4 Å². The molecule has 0 N–H and O–H groups in total. The average molecular weight is 424 g/mol. The normalized spacial score (nSPS) is 19.4. The molecule has 162 valence electrons. The highest BCUT2D eigenvalue weighted by Crippen LogP contribution is 2.29. The summed E-state index contributed by atoms with van der Waals surface area (Å²) in [7, 11) is -1.50. The summed E-state index contributed by atoms with van der Waals surface area (Å²) in [5, 5.41) is 0. The summed E-state index contributed by atoms with van der Waals surface area (Å²) in [6.07, 6.45) is 2.81. The highest BCUT2D eigenvalue weighted by molar-refractivity contribution is 7.89. The molecule has 0 bridgehead atoms. The van der Waals surface area contributed by atoms with Crippen LogP contribution in [-0.4, -0.2) is 75.7 Å². The number of unbranched alkanes of at least 4 members (excludes halogenated alkanes) is 1. The molecule has 0 saturated carbocycles. The van der Waals surface area contributed by atoms with Gasteiger partial charge in [0.15, 0.2) is 0 Å². The second-order valence-electron chi connectivity index (χ2n) is 7.83. The molecule has 0 atom stereocenters. The van der Waals surface area contributed by atoms with Gasteiger partial charge >= 0.3 is 0 Å². The van der Waals surface area contributed by atoms with Crippen molar-refractivity contribution in [1.29, 1.82) is 0 Å². The number of hydrogen-bond donors (Lipinski definition) is 0. The molecule has 0 spiro atoms. The van der Waals surface area contributed by atoms with Crippen molar-refractivity contribution in [3.8, 4) is 5.75 Å². The van der Waals surface area contributed by atoms with Crippen molar-refractivity contribution in [2.45, 2.75) is 32.6 Å². The maximum Gasteiger partial charge on any atom is 0.225 e. The summed E-state index contributed by atoms with van der Waals surface area (Å²) in [5.74, 6) is 1.18. The van der Waals surface area contributed by atoms with Crippen LogP contribution in [0, 0.1) is 5.92 Å². The van der Waals surface area contributed by atoms with E-state index < -0.39 is 10.0 Å². The Morgan fingerprint density at radius 1 is 1.07 bits per heavy atom. The second kappa shape index (κ2) is 9.80. The number of rotatable bonds is 7. The molecule has 2 heterocycles. The van der Waals surface area contributed by atoms with E-state index in [9.17, 15) is 13.2 Å². The van der Waals surface area contributed by atoms with Gasteiger partial charge in [0, 0.05) is 45.2 Å². The fourth-order valence-electron chi connectivity index (χ4n) is 4.15. The van der Waals surface area contributed by atoms with E-state index in [4.69, 9.17) is 4.74 Å². The number of hydrogen-bond acceptors (Lipinski definition) is 5. The Balaban J connectivity index is 1.50. The smallest absolute Gasteiger partial charge is 0.225 e. The third kappa shape index (κ3) is 5.22. The minimum atomic E-state index is -3.17. The zero-order chi connectivity index (χ0) is 20.9. The van der Waals surface area contributed by atoms with Crippen LogP contribution in [0.3, 0.4) is 0 Å². The third-order valence-electron chi connectivity index (χ3n) is 5.97. The van der Waals surface area contributed by atoms with E-state index in [2.05, 4.69) is 4.90 Å². The van der Waals surface area contributed by atoms with Crippen molar-refractivity contribution in [2.75, 3.05) is 57.0 Å². The van der Waals surface area contributed by atoms with E-state index in [1.807, 2.05) is 36.1 Å². The van der Waals surface area contributed by atoms with E-state index in [0.717, 1.165) is 30.9 Å². The van der Waals surface area contributed by atoms with Crippen molar-refractivity contribution < 1.29 is 17.9 Å². The molecule has 0 aromatic heterocycles. The zero-order valence-corrected chi connectivity index (χ0v) is 18.4. The summed E-state index contributed by atoms with van der Waals surface area (Å²) in [6, 6.07) is 7.95. The molecule has 1 amide bonds. The van der Waals surface area contributed by atoms with Crippen molar-refractivity contribution in [1.82, 2.24) is 9.21 Å². The predicted molar refractivity (Wildman–Crippen MR) is 115 cm³/mol. The number of benzene rings is 1. The van der Waals surface area contributed by atoms with Gasteiger partial charge in [0.1, 0.15) is 5.75 Å². The van der Waals surface area contributed by atoms with Crippen molar-refractivity contribution >= 4 is 21.6 Å². The number of amides is 1. The lowest BCUT2D eigenvalue weighted by Gasteiger charge is -2.39. The van der Waals surface area contributed by atoms with Crippen LogP contribution in [0.25, 0.3) is 0 Å². The van der Waals surface area contributed by atoms with Crippen molar-refractivity contribution in [2.24, 2.45) is 5.92 Å². The number of para-hydroxylation sites is 2. The molecular formula is C21H33N3O4S. The van der Waals surface area contributed by atoms with Crippen LogP contribution in [0.4, 0.5) is 5.69 Å². The van der Waals surface area contributed by atoms with Crippen LogP contribution < -0.4 is 9.64 Å². The molecule has 0 radical (unpaired) electrons. The average Bonchev–Trinajstić information content (AvgIpc) is 2.77. The molecule has 29 heavy (non-hydrogen) atoms. The number of piperazine rings is 1. The summed E-state index contributed by atoms with van der Waals surface area (Å²) >= 11 is 0. The Labute approximate surface area is 174 Å².